The normalized spacial score (nSPS) is 16.8. The summed E-state index contributed by atoms with van der Waals surface area (Å²) < 4.78 is 1.99. The van der Waals surface area contributed by atoms with Gasteiger partial charge in [-0.3, -0.25) is 9.48 Å². The zero-order valence-electron chi connectivity index (χ0n) is 15.2. The number of carbonyl (C=O) groups excluding carboxylic acids is 1. The number of fused-ring (bicyclic) bond motifs is 1. The fraction of sp³-hybridized carbons (Fsp3) is 0.526. The zero-order valence-corrected chi connectivity index (χ0v) is 15.2. The van der Waals surface area contributed by atoms with Crippen molar-refractivity contribution in [3.63, 3.8) is 0 Å². The van der Waals surface area contributed by atoms with E-state index in [0.29, 0.717) is 12.1 Å². The Labute approximate surface area is 153 Å². The Hall–Kier alpha value is -2.41. The Morgan fingerprint density at radius 2 is 2.08 bits per heavy atom. The standard InChI is InChI=1S/C19H25N5O2/c1-2-24-17-6-10-23(12-15(17)16(13-25)21-24)18-11-14(5-7-20-18)19(26)22-8-3-4-9-22/h5,7,11,25H,2-4,6,8-10,12-13H2,1H3. The van der Waals surface area contributed by atoms with E-state index in [1.54, 1.807) is 12.3 Å². The summed E-state index contributed by atoms with van der Waals surface area (Å²) in [5.41, 5.74) is 3.75. The highest BCUT2D eigenvalue weighted by Gasteiger charge is 2.26. The van der Waals surface area contributed by atoms with Crippen molar-refractivity contribution >= 4 is 11.7 Å². The molecule has 0 aromatic carbocycles. The molecular formula is C19H25N5O2. The largest absolute Gasteiger partial charge is 0.390 e. The van der Waals surface area contributed by atoms with Crippen molar-refractivity contribution < 1.29 is 9.90 Å². The lowest BCUT2D eigenvalue weighted by Gasteiger charge is -2.29. The van der Waals surface area contributed by atoms with Crippen LogP contribution in [0.4, 0.5) is 5.82 Å². The monoisotopic (exact) mass is 355 g/mol. The molecule has 0 spiro atoms. The number of rotatable bonds is 4. The summed E-state index contributed by atoms with van der Waals surface area (Å²) >= 11 is 0. The number of pyridine rings is 1. The second kappa shape index (κ2) is 7.07. The van der Waals surface area contributed by atoms with E-state index in [2.05, 4.69) is 21.9 Å². The topological polar surface area (TPSA) is 74.5 Å². The molecule has 2 aliphatic heterocycles. The van der Waals surface area contributed by atoms with Gasteiger partial charge in [-0.25, -0.2) is 4.98 Å². The third-order valence-electron chi connectivity index (χ3n) is 5.38. The van der Waals surface area contributed by atoms with Gasteiger partial charge in [0.05, 0.1) is 12.3 Å². The average molecular weight is 355 g/mol. The van der Waals surface area contributed by atoms with Crippen molar-refractivity contribution in [1.82, 2.24) is 19.7 Å². The van der Waals surface area contributed by atoms with E-state index in [-0.39, 0.29) is 12.5 Å². The number of aromatic nitrogens is 3. The lowest BCUT2D eigenvalue weighted by molar-refractivity contribution is 0.0792. The first kappa shape index (κ1) is 17.0. The molecule has 2 aliphatic rings. The molecule has 1 saturated heterocycles. The number of hydrogen-bond acceptors (Lipinski definition) is 5. The Morgan fingerprint density at radius 3 is 2.81 bits per heavy atom. The third-order valence-corrected chi connectivity index (χ3v) is 5.38. The van der Waals surface area contributed by atoms with Gasteiger partial charge in [0.2, 0.25) is 0 Å². The van der Waals surface area contributed by atoms with Crippen LogP contribution in [0.2, 0.25) is 0 Å². The van der Waals surface area contributed by atoms with Crippen LogP contribution in [0.1, 0.15) is 47.1 Å². The Bertz CT molecular complexity index is 810. The molecule has 1 fully saturated rings. The summed E-state index contributed by atoms with van der Waals surface area (Å²) in [5, 5.41) is 14.2. The van der Waals surface area contributed by atoms with Gasteiger partial charge in [-0.15, -0.1) is 0 Å². The molecule has 0 aliphatic carbocycles. The Balaban J connectivity index is 1.58. The quantitative estimate of drug-likeness (QED) is 0.901. The fourth-order valence-corrected chi connectivity index (χ4v) is 3.97. The van der Waals surface area contributed by atoms with Gasteiger partial charge in [0, 0.05) is 62.2 Å². The lowest BCUT2D eigenvalue weighted by Crippen LogP contribution is -2.32. The molecule has 26 heavy (non-hydrogen) atoms. The first-order valence-corrected chi connectivity index (χ1v) is 9.39. The number of aliphatic hydroxyl groups excluding tert-OH is 1. The van der Waals surface area contributed by atoms with Crippen LogP contribution >= 0.6 is 0 Å². The van der Waals surface area contributed by atoms with E-state index >= 15 is 0 Å². The summed E-state index contributed by atoms with van der Waals surface area (Å²) in [4.78, 5) is 21.2. The van der Waals surface area contributed by atoms with Crippen LogP contribution in [0.25, 0.3) is 0 Å². The van der Waals surface area contributed by atoms with Gasteiger partial charge in [0.15, 0.2) is 0 Å². The summed E-state index contributed by atoms with van der Waals surface area (Å²) in [5.74, 6) is 0.910. The maximum atomic E-state index is 12.7. The molecule has 0 atom stereocenters. The van der Waals surface area contributed by atoms with Gasteiger partial charge < -0.3 is 14.9 Å². The number of nitrogens with zero attached hydrogens (tertiary/aromatic N) is 5. The molecule has 0 unspecified atom stereocenters. The van der Waals surface area contributed by atoms with E-state index in [1.165, 1.54) is 5.69 Å². The minimum Gasteiger partial charge on any atom is -0.390 e. The van der Waals surface area contributed by atoms with Gasteiger partial charge in [0.1, 0.15) is 5.82 Å². The lowest BCUT2D eigenvalue weighted by atomic mass is 10.0. The van der Waals surface area contributed by atoms with Crippen molar-refractivity contribution in [3.8, 4) is 0 Å². The van der Waals surface area contributed by atoms with Crippen LogP contribution in [-0.2, 0) is 26.1 Å². The smallest absolute Gasteiger partial charge is 0.254 e. The van der Waals surface area contributed by atoms with E-state index < -0.39 is 0 Å². The van der Waals surface area contributed by atoms with Gasteiger partial charge in [-0.2, -0.15) is 5.10 Å². The second-order valence-electron chi connectivity index (χ2n) is 6.92. The molecule has 0 radical (unpaired) electrons. The van der Waals surface area contributed by atoms with Crippen LogP contribution in [0, 0.1) is 0 Å². The molecule has 1 N–H and O–H groups in total. The number of amides is 1. The summed E-state index contributed by atoms with van der Waals surface area (Å²) in [6.07, 6.45) is 4.76. The first-order valence-electron chi connectivity index (χ1n) is 9.39. The zero-order chi connectivity index (χ0) is 18.1. The van der Waals surface area contributed by atoms with Crippen LogP contribution < -0.4 is 4.90 Å². The number of carbonyl (C=O) groups is 1. The predicted octanol–water partition coefficient (Wildman–Crippen LogP) is 1.59. The number of hydrogen-bond donors (Lipinski definition) is 1. The van der Waals surface area contributed by atoms with Crippen molar-refractivity contribution in [1.29, 1.82) is 0 Å². The third kappa shape index (κ3) is 2.96. The molecule has 7 nitrogen and oxygen atoms in total. The average Bonchev–Trinajstić information content (AvgIpc) is 3.34. The van der Waals surface area contributed by atoms with E-state index in [9.17, 15) is 9.90 Å². The molecule has 4 rings (SSSR count). The summed E-state index contributed by atoms with van der Waals surface area (Å²) in [6, 6.07) is 3.70. The number of likely N-dealkylation sites (tertiary alicyclic amines) is 1. The highest BCUT2D eigenvalue weighted by atomic mass is 16.3. The van der Waals surface area contributed by atoms with E-state index in [1.807, 2.05) is 15.6 Å². The molecule has 1 amide bonds. The van der Waals surface area contributed by atoms with Gasteiger partial charge in [0.25, 0.3) is 5.91 Å². The highest BCUT2D eigenvalue weighted by molar-refractivity contribution is 5.95. The maximum Gasteiger partial charge on any atom is 0.254 e. The summed E-state index contributed by atoms with van der Waals surface area (Å²) in [7, 11) is 0. The fourth-order valence-electron chi connectivity index (χ4n) is 3.97. The molecule has 0 bridgehead atoms. The first-order chi connectivity index (χ1) is 12.7. The van der Waals surface area contributed by atoms with Crippen molar-refractivity contribution in [2.24, 2.45) is 0 Å². The minimum atomic E-state index is -0.0515. The molecular weight excluding hydrogens is 330 g/mol. The second-order valence-corrected chi connectivity index (χ2v) is 6.92. The number of aryl methyl sites for hydroxylation is 1. The minimum absolute atomic E-state index is 0.0515. The van der Waals surface area contributed by atoms with Crippen LogP contribution in [-0.4, -0.2) is 50.3 Å². The molecule has 2 aromatic heterocycles. The number of aliphatic hydroxyl groups is 1. The van der Waals surface area contributed by atoms with E-state index in [0.717, 1.165) is 62.5 Å². The van der Waals surface area contributed by atoms with Crippen molar-refractivity contribution in [2.45, 2.75) is 45.9 Å². The van der Waals surface area contributed by atoms with Gasteiger partial charge in [-0.1, -0.05) is 0 Å². The van der Waals surface area contributed by atoms with Crippen molar-refractivity contribution in [3.05, 3.63) is 40.8 Å². The Morgan fingerprint density at radius 1 is 1.27 bits per heavy atom. The van der Waals surface area contributed by atoms with Crippen molar-refractivity contribution in [2.75, 3.05) is 24.5 Å². The molecule has 7 heteroatoms. The van der Waals surface area contributed by atoms with Gasteiger partial charge in [-0.05, 0) is 31.9 Å². The van der Waals surface area contributed by atoms with Crippen LogP contribution in [0.3, 0.4) is 0 Å². The highest BCUT2D eigenvalue weighted by Crippen LogP contribution is 2.27. The molecule has 138 valence electrons. The van der Waals surface area contributed by atoms with Crippen LogP contribution in [0.15, 0.2) is 18.3 Å². The molecule has 4 heterocycles. The predicted molar refractivity (Wildman–Crippen MR) is 98.0 cm³/mol. The molecule has 2 aromatic rings. The van der Waals surface area contributed by atoms with Crippen LogP contribution in [0.5, 0.6) is 0 Å². The maximum absolute atomic E-state index is 12.7. The summed E-state index contributed by atoms with van der Waals surface area (Å²) in [6.45, 7) is 6.01. The van der Waals surface area contributed by atoms with E-state index in [4.69, 9.17) is 0 Å². The number of anilines is 1. The van der Waals surface area contributed by atoms with Gasteiger partial charge >= 0.3 is 0 Å². The molecule has 0 saturated carbocycles. The SMILES string of the molecule is CCn1nc(CO)c2c1CCN(c1cc(C(=O)N3CCCC3)ccn1)C2. The Kier molecular flexibility index (Phi) is 4.63.